The Balaban J connectivity index is 1.34. The van der Waals surface area contributed by atoms with Gasteiger partial charge in [-0.2, -0.15) is 5.10 Å². The normalized spacial score (nSPS) is 20.5. The summed E-state index contributed by atoms with van der Waals surface area (Å²) in [6.07, 6.45) is 3.65. The van der Waals surface area contributed by atoms with Crippen molar-refractivity contribution in [1.29, 1.82) is 0 Å². The zero-order valence-corrected chi connectivity index (χ0v) is 24.4. The molecule has 0 bridgehead atoms. The van der Waals surface area contributed by atoms with E-state index < -0.39 is 6.29 Å². The maximum Gasteiger partial charge on any atom is 0.220 e. The summed E-state index contributed by atoms with van der Waals surface area (Å²) in [4.78, 5) is 27.4. The molecule has 0 saturated carbocycles. The van der Waals surface area contributed by atoms with Gasteiger partial charge in [0.1, 0.15) is 6.33 Å². The highest BCUT2D eigenvalue weighted by atomic mass is 32.2. The SMILES string of the molecule is CC(=O)NCCCCCC(=O)NCc1ccc([C@@H]2O[C@H](CSc3ncn[nH]3)[C@H](C)[C@H](c3ccc(CO)cc3)O2)cc1. The predicted molar refractivity (Wildman–Crippen MR) is 156 cm³/mol. The van der Waals surface area contributed by atoms with E-state index in [2.05, 4.69) is 32.7 Å². The first-order chi connectivity index (χ1) is 19.9. The predicted octanol–water partition coefficient (Wildman–Crippen LogP) is 4.19. The van der Waals surface area contributed by atoms with Crippen molar-refractivity contribution in [3.05, 3.63) is 77.1 Å². The molecule has 2 heterocycles. The van der Waals surface area contributed by atoms with Gasteiger partial charge in [-0.25, -0.2) is 4.98 Å². The van der Waals surface area contributed by atoms with Crippen LogP contribution in [-0.4, -0.2) is 50.5 Å². The first-order valence-corrected chi connectivity index (χ1v) is 15.0. The molecule has 4 N–H and O–H groups in total. The Labute approximate surface area is 245 Å². The van der Waals surface area contributed by atoms with Crippen molar-refractivity contribution in [2.45, 2.75) is 76.3 Å². The van der Waals surface area contributed by atoms with E-state index in [-0.39, 0.29) is 36.5 Å². The quantitative estimate of drug-likeness (QED) is 0.164. The molecule has 1 aliphatic rings. The fourth-order valence-electron chi connectivity index (χ4n) is 4.67. The van der Waals surface area contributed by atoms with Gasteiger partial charge in [-0.05, 0) is 29.5 Å². The Morgan fingerprint density at radius 1 is 0.976 bits per heavy atom. The number of carbonyl (C=O) groups is 2. The molecule has 220 valence electrons. The van der Waals surface area contributed by atoms with Crippen molar-refractivity contribution in [3.63, 3.8) is 0 Å². The first-order valence-electron chi connectivity index (χ1n) is 14.0. The van der Waals surface area contributed by atoms with Crippen molar-refractivity contribution >= 4 is 23.6 Å². The summed E-state index contributed by atoms with van der Waals surface area (Å²) in [5, 5.41) is 22.8. The summed E-state index contributed by atoms with van der Waals surface area (Å²) in [6, 6.07) is 15.8. The fourth-order valence-corrected chi connectivity index (χ4v) is 5.61. The lowest BCUT2D eigenvalue weighted by atomic mass is 9.91. The molecule has 2 aromatic carbocycles. The van der Waals surface area contributed by atoms with E-state index in [1.165, 1.54) is 13.3 Å². The van der Waals surface area contributed by atoms with Crippen LogP contribution >= 0.6 is 11.8 Å². The Bertz CT molecular complexity index is 1220. The number of ether oxygens (including phenoxy) is 2. The lowest BCUT2D eigenvalue weighted by Gasteiger charge is -2.41. The second-order valence-electron chi connectivity index (χ2n) is 10.2. The number of aromatic amines is 1. The minimum atomic E-state index is -0.560. The third-order valence-electron chi connectivity index (χ3n) is 7.10. The van der Waals surface area contributed by atoms with Crippen molar-refractivity contribution in [2.24, 2.45) is 5.92 Å². The molecule has 0 aliphatic carbocycles. The van der Waals surface area contributed by atoms with Crippen molar-refractivity contribution in [1.82, 2.24) is 25.8 Å². The number of H-pyrrole nitrogens is 1. The van der Waals surface area contributed by atoms with Gasteiger partial charge < -0.3 is 25.2 Å². The average Bonchev–Trinajstić information content (AvgIpc) is 3.51. The summed E-state index contributed by atoms with van der Waals surface area (Å²) < 4.78 is 13.0. The van der Waals surface area contributed by atoms with Crippen molar-refractivity contribution in [3.8, 4) is 0 Å². The van der Waals surface area contributed by atoms with Crippen molar-refractivity contribution < 1.29 is 24.2 Å². The number of unbranched alkanes of at least 4 members (excludes halogenated alkanes) is 2. The van der Waals surface area contributed by atoms with E-state index in [9.17, 15) is 14.7 Å². The van der Waals surface area contributed by atoms with E-state index in [4.69, 9.17) is 9.47 Å². The Morgan fingerprint density at radius 3 is 2.39 bits per heavy atom. The van der Waals surface area contributed by atoms with Gasteiger partial charge in [-0.15, -0.1) is 0 Å². The van der Waals surface area contributed by atoms with Crippen LogP contribution in [0.15, 0.2) is 60.0 Å². The van der Waals surface area contributed by atoms with Crippen LogP contribution < -0.4 is 10.6 Å². The molecule has 4 atom stereocenters. The Kier molecular flexibility index (Phi) is 11.7. The van der Waals surface area contributed by atoms with Gasteiger partial charge in [0.15, 0.2) is 11.4 Å². The fraction of sp³-hybridized carbons (Fsp3) is 0.467. The number of nitrogens with zero attached hydrogens (tertiary/aromatic N) is 2. The minimum absolute atomic E-state index is 0.00369. The number of hydrogen-bond donors (Lipinski definition) is 4. The van der Waals surface area contributed by atoms with Crippen LogP contribution in [0.25, 0.3) is 0 Å². The van der Waals surface area contributed by atoms with Gasteiger partial charge in [-0.1, -0.05) is 73.6 Å². The Hall–Kier alpha value is -3.25. The van der Waals surface area contributed by atoms with Crippen LogP contribution in [0.4, 0.5) is 0 Å². The maximum absolute atomic E-state index is 12.2. The van der Waals surface area contributed by atoms with Crippen molar-refractivity contribution in [2.75, 3.05) is 12.3 Å². The number of thioether (sulfide) groups is 1. The summed E-state index contributed by atoms with van der Waals surface area (Å²) in [5.74, 6) is 0.740. The number of rotatable bonds is 14. The molecule has 0 spiro atoms. The minimum Gasteiger partial charge on any atom is -0.392 e. The molecule has 0 radical (unpaired) electrons. The lowest BCUT2D eigenvalue weighted by molar-refractivity contribution is -0.268. The molecular weight excluding hydrogens is 542 g/mol. The van der Waals surface area contributed by atoms with Gasteiger partial charge in [0, 0.05) is 43.7 Å². The molecule has 1 aliphatic heterocycles. The summed E-state index contributed by atoms with van der Waals surface area (Å²) in [5.41, 5.74) is 3.78. The zero-order chi connectivity index (χ0) is 29.0. The number of benzene rings is 2. The number of aromatic nitrogens is 3. The Morgan fingerprint density at radius 2 is 1.71 bits per heavy atom. The monoisotopic (exact) mass is 581 g/mol. The van der Waals surface area contributed by atoms with Crippen LogP contribution in [0.1, 0.15) is 74.2 Å². The summed E-state index contributed by atoms with van der Waals surface area (Å²) in [7, 11) is 0. The second kappa shape index (κ2) is 15.7. The van der Waals surface area contributed by atoms with E-state index in [0.29, 0.717) is 25.3 Å². The molecule has 10 nitrogen and oxygen atoms in total. The summed E-state index contributed by atoms with van der Waals surface area (Å²) >= 11 is 1.56. The average molecular weight is 582 g/mol. The molecule has 1 aromatic heterocycles. The molecule has 1 saturated heterocycles. The topological polar surface area (TPSA) is 138 Å². The van der Waals surface area contributed by atoms with E-state index in [0.717, 1.165) is 46.7 Å². The molecule has 3 aromatic rings. The number of aliphatic hydroxyl groups excluding tert-OH is 1. The zero-order valence-electron chi connectivity index (χ0n) is 23.5. The van der Waals surface area contributed by atoms with Gasteiger partial charge in [-0.3, -0.25) is 14.7 Å². The number of aliphatic hydroxyl groups is 1. The van der Waals surface area contributed by atoms with E-state index in [1.54, 1.807) is 11.8 Å². The van der Waals surface area contributed by atoms with E-state index in [1.807, 2.05) is 48.5 Å². The molecular formula is C30H39N5O5S. The van der Waals surface area contributed by atoms with Crippen LogP contribution in [0.3, 0.4) is 0 Å². The summed E-state index contributed by atoms with van der Waals surface area (Å²) in [6.45, 7) is 4.72. The molecule has 2 amide bonds. The largest absolute Gasteiger partial charge is 0.392 e. The lowest BCUT2D eigenvalue weighted by Crippen LogP contribution is -2.38. The number of hydrogen-bond acceptors (Lipinski definition) is 8. The molecule has 41 heavy (non-hydrogen) atoms. The highest BCUT2D eigenvalue weighted by Gasteiger charge is 2.38. The molecule has 11 heteroatoms. The molecule has 4 rings (SSSR count). The standard InChI is InChI=1S/C30H39N5O5S/c1-20-26(18-41-30-33-19-34-35-30)39-29(40-28(20)24-11-9-23(17-36)10-12-24)25-13-7-22(8-14-25)16-32-27(38)6-4-3-5-15-31-21(2)37/h7-14,19-20,26,28-29,36H,3-6,15-18H2,1-2H3,(H,31,37)(H,32,38)(H,33,34,35)/t20-,26+,28+,29+/m0/s1. The highest BCUT2D eigenvalue weighted by Crippen LogP contribution is 2.42. The van der Waals surface area contributed by atoms with Crippen LogP contribution in [0.5, 0.6) is 0 Å². The van der Waals surface area contributed by atoms with Gasteiger partial charge >= 0.3 is 0 Å². The molecule has 0 unspecified atom stereocenters. The number of nitrogens with one attached hydrogen (secondary N) is 3. The third kappa shape index (κ3) is 9.39. The smallest absolute Gasteiger partial charge is 0.220 e. The van der Waals surface area contributed by atoms with Gasteiger partial charge in [0.05, 0.1) is 18.8 Å². The highest BCUT2D eigenvalue weighted by molar-refractivity contribution is 7.99. The van der Waals surface area contributed by atoms with Crippen LogP contribution in [-0.2, 0) is 32.2 Å². The van der Waals surface area contributed by atoms with Gasteiger partial charge in [0.25, 0.3) is 0 Å². The van der Waals surface area contributed by atoms with Crippen LogP contribution in [0, 0.1) is 5.92 Å². The number of carbonyl (C=O) groups excluding carboxylic acids is 2. The number of amides is 2. The third-order valence-corrected chi connectivity index (χ3v) is 8.06. The second-order valence-corrected chi connectivity index (χ2v) is 11.2. The van der Waals surface area contributed by atoms with Crippen LogP contribution in [0.2, 0.25) is 0 Å². The first kappa shape index (κ1) is 30.7. The van der Waals surface area contributed by atoms with Gasteiger partial charge in [0.2, 0.25) is 11.8 Å². The van der Waals surface area contributed by atoms with E-state index >= 15 is 0 Å². The molecule has 1 fully saturated rings. The maximum atomic E-state index is 12.2.